The van der Waals surface area contributed by atoms with Gasteiger partial charge in [-0.2, -0.15) is 0 Å². The molecule has 0 saturated heterocycles. The second kappa shape index (κ2) is 6.68. The van der Waals surface area contributed by atoms with Gasteiger partial charge in [-0.1, -0.05) is 6.42 Å². The molecule has 2 amide bonds. The summed E-state index contributed by atoms with van der Waals surface area (Å²) in [5.74, 6) is -2.95. The van der Waals surface area contributed by atoms with Crippen LogP contribution in [-0.2, 0) is 12.8 Å². The number of aryl methyl sites for hydroxylation is 1. The lowest BCUT2D eigenvalue weighted by Gasteiger charge is -2.07. The quantitative estimate of drug-likeness (QED) is 0.830. The molecule has 1 aliphatic rings. The number of nitrogens with one attached hydrogen (secondary N) is 1. The zero-order chi connectivity index (χ0) is 17.3. The van der Waals surface area contributed by atoms with Gasteiger partial charge in [-0.25, -0.2) is 8.78 Å². The largest absolute Gasteiger partial charge is 0.365 e. The minimum atomic E-state index is -0.836. The number of thiophene rings is 1. The van der Waals surface area contributed by atoms with Gasteiger partial charge in [0.05, 0.1) is 5.56 Å². The third kappa shape index (κ3) is 3.31. The fourth-order valence-corrected chi connectivity index (χ4v) is 4.24. The third-order valence-electron chi connectivity index (χ3n) is 4.02. The number of hydrogen-bond donors (Lipinski definition) is 2. The normalized spacial score (nSPS) is 13.9. The SMILES string of the molecule is NC(=O)c1c(NC(=O)c2cc(F)cc(F)c2)sc2c1CCCCC2. The second-order valence-electron chi connectivity index (χ2n) is 5.75. The van der Waals surface area contributed by atoms with E-state index in [0.717, 1.165) is 54.7 Å². The fraction of sp³-hybridized carbons (Fsp3) is 0.294. The molecule has 0 aliphatic heterocycles. The van der Waals surface area contributed by atoms with Crippen molar-refractivity contribution >= 4 is 28.2 Å². The Morgan fingerprint density at radius 3 is 2.38 bits per heavy atom. The average Bonchev–Trinajstić information content (AvgIpc) is 2.68. The first kappa shape index (κ1) is 16.6. The Morgan fingerprint density at radius 1 is 1.04 bits per heavy atom. The van der Waals surface area contributed by atoms with Crippen LogP contribution in [0.3, 0.4) is 0 Å². The Bertz CT molecular complexity index is 797. The summed E-state index contributed by atoms with van der Waals surface area (Å²) < 4.78 is 26.5. The minimum absolute atomic E-state index is 0.147. The van der Waals surface area contributed by atoms with Crippen LogP contribution in [0.15, 0.2) is 18.2 Å². The monoisotopic (exact) mass is 350 g/mol. The van der Waals surface area contributed by atoms with Gasteiger partial charge in [-0.05, 0) is 43.4 Å². The Kier molecular flexibility index (Phi) is 4.62. The highest BCUT2D eigenvalue weighted by molar-refractivity contribution is 7.17. The van der Waals surface area contributed by atoms with Gasteiger partial charge in [-0.3, -0.25) is 9.59 Å². The number of fused-ring (bicyclic) bond motifs is 1. The third-order valence-corrected chi connectivity index (χ3v) is 5.23. The number of carbonyl (C=O) groups excluding carboxylic acids is 2. The van der Waals surface area contributed by atoms with E-state index in [4.69, 9.17) is 5.73 Å². The summed E-state index contributed by atoms with van der Waals surface area (Å²) in [6.07, 6.45) is 4.66. The van der Waals surface area contributed by atoms with Gasteiger partial charge in [-0.15, -0.1) is 11.3 Å². The topological polar surface area (TPSA) is 72.2 Å². The number of carbonyl (C=O) groups is 2. The Labute approximate surface area is 141 Å². The van der Waals surface area contributed by atoms with Crippen LogP contribution in [0.1, 0.15) is 50.4 Å². The van der Waals surface area contributed by atoms with E-state index < -0.39 is 23.4 Å². The van der Waals surface area contributed by atoms with Gasteiger partial charge in [0.25, 0.3) is 11.8 Å². The number of halogens is 2. The van der Waals surface area contributed by atoms with Crippen molar-refractivity contribution in [3.63, 3.8) is 0 Å². The van der Waals surface area contributed by atoms with E-state index in [1.807, 2.05) is 0 Å². The Balaban J connectivity index is 1.94. The van der Waals surface area contributed by atoms with Gasteiger partial charge in [0, 0.05) is 16.5 Å². The lowest BCUT2D eigenvalue weighted by molar-refractivity contribution is 0.100. The molecule has 3 rings (SSSR count). The van der Waals surface area contributed by atoms with Gasteiger partial charge in [0.1, 0.15) is 16.6 Å². The first-order valence-corrected chi connectivity index (χ1v) is 8.49. The summed E-state index contributed by atoms with van der Waals surface area (Å²) in [7, 11) is 0. The molecular formula is C17H16F2N2O2S. The maximum atomic E-state index is 13.3. The van der Waals surface area contributed by atoms with E-state index in [1.165, 1.54) is 11.3 Å². The predicted octanol–water partition coefficient (Wildman–Crippen LogP) is 3.65. The van der Waals surface area contributed by atoms with E-state index in [1.54, 1.807) is 0 Å². The van der Waals surface area contributed by atoms with Gasteiger partial charge >= 0.3 is 0 Å². The van der Waals surface area contributed by atoms with Crippen LogP contribution in [0.5, 0.6) is 0 Å². The zero-order valence-electron chi connectivity index (χ0n) is 12.8. The molecule has 0 fully saturated rings. The highest BCUT2D eigenvalue weighted by Crippen LogP contribution is 2.37. The van der Waals surface area contributed by atoms with Crippen molar-refractivity contribution in [1.82, 2.24) is 0 Å². The number of hydrogen-bond acceptors (Lipinski definition) is 3. The lowest BCUT2D eigenvalue weighted by Crippen LogP contribution is -2.18. The smallest absolute Gasteiger partial charge is 0.256 e. The van der Waals surface area contributed by atoms with Crippen molar-refractivity contribution in [2.45, 2.75) is 32.1 Å². The molecule has 0 unspecified atom stereocenters. The summed E-state index contributed by atoms with van der Waals surface area (Å²) in [6.45, 7) is 0. The van der Waals surface area contributed by atoms with Crippen LogP contribution < -0.4 is 11.1 Å². The molecule has 7 heteroatoms. The molecule has 4 nitrogen and oxygen atoms in total. The van der Waals surface area contributed by atoms with E-state index in [2.05, 4.69) is 5.32 Å². The zero-order valence-corrected chi connectivity index (χ0v) is 13.6. The van der Waals surface area contributed by atoms with Crippen LogP contribution in [0.4, 0.5) is 13.8 Å². The Morgan fingerprint density at radius 2 is 1.71 bits per heavy atom. The summed E-state index contributed by atoms with van der Waals surface area (Å²) in [6, 6.07) is 2.58. The molecule has 3 N–H and O–H groups in total. The number of anilines is 1. The van der Waals surface area contributed by atoms with Crippen molar-refractivity contribution in [3.8, 4) is 0 Å². The van der Waals surface area contributed by atoms with Crippen LogP contribution in [0.2, 0.25) is 0 Å². The number of rotatable bonds is 3. The maximum Gasteiger partial charge on any atom is 0.256 e. The molecule has 1 heterocycles. The maximum absolute atomic E-state index is 13.3. The molecule has 0 atom stereocenters. The highest BCUT2D eigenvalue weighted by atomic mass is 32.1. The minimum Gasteiger partial charge on any atom is -0.365 e. The van der Waals surface area contributed by atoms with Crippen molar-refractivity contribution in [2.75, 3.05) is 5.32 Å². The molecule has 0 bridgehead atoms. The van der Waals surface area contributed by atoms with E-state index >= 15 is 0 Å². The lowest BCUT2D eigenvalue weighted by atomic mass is 10.1. The second-order valence-corrected chi connectivity index (χ2v) is 6.85. The molecule has 0 spiro atoms. The van der Waals surface area contributed by atoms with Gasteiger partial charge < -0.3 is 11.1 Å². The summed E-state index contributed by atoms with van der Waals surface area (Å²) in [5, 5.41) is 2.94. The molecule has 126 valence electrons. The number of nitrogens with two attached hydrogens (primary N) is 1. The number of primary amides is 1. The predicted molar refractivity (Wildman–Crippen MR) is 88.4 cm³/mol. The van der Waals surface area contributed by atoms with Crippen molar-refractivity contribution in [3.05, 3.63) is 51.4 Å². The van der Waals surface area contributed by atoms with Crippen LogP contribution >= 0.6 is 11.3 Å². The van der Waals surface area contributed by atoms with Crippen molar-refractivity contribution in [2.24, 2.45) is 5.73 Å². The van der Waals surface area contributed by atoms with Gasteiger partial charge in [0.15, 0.2) is 0 Å². The van der Waals surface area contributed by atoms with E-state index in [-0.39, 0.29) is 5.56 Å². The van der Waals surface area contributed by atoms with E-state index in [9.17, 15) is 18.4 Å². The van der Waals surface area contributed by atoms with Crippen LogP contribution in [-0.4, -0.2) is 11.8 Å². The van der Waals surface area contributed by atoms with Gasteiger partial charge in [0.2, 0.25) is 0 Å². The summed E-state index contributed by atoms with van der Waals surface area (Å²) >= 11 is 1.31. The number of benzene rings is 1. The Hall–Kier alpha value is -2.28. The number of amides is 2. The first-order chi connectivity index (χ1) is 11.5. The highest BCUT2D eigenvalue weighted by Gasteiger charge is 2.24. The molecule has 0 radical (unpaired) electrons. The van der Waals surface area contributed by atoms with E-state index in [0.29, 0.717) is 16.6 Å². The summed E-state index contributed by atoms with van der Waals surface area (Å²) in [4.78, 5) is 25.2. The molecule has 2 aromatic rings. The van der Waals surface area contributed by atoms with Crippen molar-refractivity contribution in [1.29, 1.82) is 0 Å². The molecule has 1 aromatic carbocycles. The summed E-state index contributed by atoms with van der Waals surface area (Å²) in [5.41, 5.74) is 6.56. The average molecular weight is 350 g/mol. The molecule has 1 aromatic heterocycles. The fourth-order valence-electron chi connectivity index (χ4n) is 2.95. The molecule has 1 aliphatic carbocycles. The van der Waals surface area contributed by atoms with Crippen LogP contribution in [0.25, 0.3) is 0 Å². The van der Waals surface area contributed by atoms with Crippen molar-refractivity contribution < 1.29 is 18.4 Å². The molecule has 24 heavy (non-hydrogen) atoms. The first-order valence-electron chi connectivity index (χ1n) is 7.67. The molecule has 0 saturated carbocycles. The molecular weight excluding hydrogens is 334 g/mol. The van der Waals surface area contributed by atoms with Crippen LogP contribution in [0, 0.1) is 11.6 Å². The standard InChI is InChI=1S/C17H16F2N2O2S/c18-10-6-9(7-11(19)8-10)16(23)21-17-14(15(20)22)12-4-2-1-3-5-13(12)24-17/h6-8H,1-5H2,(H2,20,22)(H,21,23).